The van der Waals surface area contributed by atoms with Gasteiger partial charge in [-0.3, -0.25) is 4.79 Å². The number of nitrogens with zero attached hydrogens (tertiary/aromatic N) is 1. The fraction of sp³-hybridized carbons (Fsp3) is 0.381. The third-order valence-electron chi connectivity index (χ3n) is 4.97. The van der Waals surface area contributed by atoms with Crippen LogP contribution in [0.25, 0.3) is 0 Å². The molecule has 3 rings (SSSR count). The van der Waals surface area contributed by atoms with E-state index < -0.39 is 0 Å². The van der Waals surface area contributed by atoms with Crippen LogP contribution in [0.5, 0.6) is 0 Å². The molecule has 2 aromatic carbocycles. The van der Waals surface area contributed by atoms with E-state index in [4.69, 9.17) is 5.11 Å². The molecule has 126 valence electrons. The number of aliphatic hydroxyl groups excluding tert-OH is 1. The number of rotatable bonds is 5. The van der Waals surface area contributed by atoms with Crippen LogP contribution < -0.4 is 0 Å². The Labute approximate surface area is 143 Å². The van der Waals surface area contributed by atoms with Crippen LogP contribution in [0, 0.1) is 12.8 Å². The van der Waals surface area contributed by atoms with Gasteiger partial charge < -0.3 is 10.0 Å². The summed E-state index contributed by atoms with van der Waals surface area (Å²) in [4.78, 5) is 14.6. The fourth-order valence-corrected chi connectivity index (χ4v) is 3.42. The number of benzene rings is 2. The minimum Gasteiger partial charge on any atom is -0.392 e. The molecule has 1 aliphatic rings. The molecule has 1 aliphatic heterocycles. The predicted octanol–water partition coefficient (Wildman–Crippen LogP) is 3.12. The summed E-state index contributed by atoms with van der Waals surface area (Å²) < 4.78 is 0. The zero-order valence-electron chi connectivity index (χ0n) is 14.2. The predicted molar refractivity (Wildman–Crippen MR) is 95.6 cm³/mol. The SMILES string of the molecule is Cc1ccccc1CC(=O)N1CC[C@H](Cc2ccc(CO)cc2)C1. The number of hydrogen-bond donors (Lipinski definition) is 1. The lowest BCUT2D eigenvalue weighted by Gasteiger charge is -2.17. The third kappa shape index (κ3) is 4.04. The first-order chi connectivity index (χ1) is 11.7. The Bertz CT molecular complexity index is 693. The third-order valence-corrected chi connectivity index (χ3v) is 4.97. The van der Waals surface area contributed by atoms with E-state index in [0.717, 1.165) is 37.1 Å². The van der Waals surface area contributed by atoms with Gasteiger partial charge in [0.2, 0.25) is 5.91 Å². The van der Waals surface area contributed by atoms with Gasteiger partial charge in [-0.2, -0.15) is 0 Å². The Morgan fingerprint density at radius 2 is 1.83 bits per heavy atom. The highest BCUT2D eigenvalue weighted by Crippen LogP contribution is 2.22. The van der Waals surface area contributed by atoms with Crippen LogP contribution in [0.15, 0.2) is 48.5 Å². The van der Waals surface area contributed by atoms with E-state index in [0.29, 0.717) is 12.3 Å². The molecule has 24 heavy (non-hydrogen) atoms. The van der Waals surface area contributed by atoms with Gasteiger partial charge in [-0.15, -0.1) is 0 Å². The first-order valence-corrected chi connectivity index (χ1v) is 8.66. The first kappa shape index (κ1) is 16.7. The maximum absolute atomic E-state index is 12.5. The molecule has 0 saturated carbocycles. The van der Waals surface area contributed by atoms with E-state index in [1.807, 2.05) is 35.2 Å². The van der Waals surface area contributed by atoms with Gasteiger partial charge in [0.15, 0.2) is 0 Å². The molecule has 1 N–H and O–H groups in total. The Hall–Kier alpha value is -2.13. The molecule has 3 nitrogen and oxygen atoms in total. The maximum atomic E-state index is 12.5. The smallest absolute Gasteiger partial charge is 0.227 e. The highest BCUT2D eigenvalue weighted by molar-refractivity contribution is 5.79. The largest absolute Gasteiger partial charge is 0.392 e. The molecule has 0 bridgehead atoms. The van der Waals surface area contributed by atoms with Gasteiger partial charge in [-0.25, -0.2) is 0 Å². The van der Waals surface area contributed by atoms with Crippen molar-refractivity contribution in [1.82, 2.24) is 4.90 Å². The number of carbonyl (C=O) groups excluding carboxylic acids is 1. The zero-order valence-corrected chi connectivity index (χ0v) is 14.2. The van der Waals surface area contributed by atoms with Gasteiger partial charge in [0.25, 0.3) is 0 Å². The van der Waals surface area contributed by atoms with E-state index in [9.17, 15) is 4.79 Å². The highest BCUT2D eigenvalue weighted by Gasteiger charge is 2.26. The monoisotopic (exact) mass is 323 g/mol. The van der Waals surface area contributed by atoms with Crippen LogP contribution >= 0.6 is 0 Å². The average molecular weight is 323 g/mol. The van der Waals surface area contributed by atoms with E-state index in [2.05, 4.69) is 25.1 Å². The van der Waals surface area contributed by atoms with Crippen molar-refractivity contribution < 1.29 is 9.90 Å². The normalized spacial score (nSPS) is 17.2. The van der Waals surface area contributed by atoms with Crippen LogP contribution in [-0.2, 0) is 24.2 Å². The van der Waals surface area contributed by atoms with E-state index >= 15 is 0 Å². The van der Waals surface area contributed by atoms with E-state index in [1.54, 1.807) is 0 Å². The lowest BCUT2D eigenvalue weighted by Crippen LogP contribution is -2.30. The van der Waals surface area contributed by atoms with Gasteiger partial charge in [0, 0.05) is 13.1 Å². The zero-order chi connectivity index (χ0) is 16.9. The van der Waals surface area contributed by atoms with Gasteiger partial charge >= 0.3 is 0 Å². The topological polar surface area (TPSA) is 40.5 Å². The van der Waals surface area contributed by atoms with Crippen molar-refractivity contribution in [3.8, 4) is 0 Å². The summed E-state index contributed by atoms with van der Waals surface area (Å²) in [5.74, 6) is 0.772. The molecule has 1 atom stereocenters. The number of carbonyl (C=O) groups is 1. The quantitative estimate of drug-likeness (QED) is 0.918. The van der Waals surface area contributed by atoms with Crippen LogP contribution in [0.3, 0.4) is 0 Å². The Kier molecular flexibility index (Phi) is 5.31. The summed E-state index contributed by atoms with van der Waals surface area (Å²) >= 11 is 0. The number of hydrogen-bond acceptors (Lipinski definition) is 2. The van der Waals surface area contributed by atoms with Crippen LogP contribution in [0.4, 0.5) is 0 Å². The van der Waals surface area contributed by atoms with Crippen molar-refractivity contribution >= 4 is 5.91 Å². The maximum Gasteiger partial charge on any atom is 0.227 e. The van der Waals surface area contributed by atoms with Crippen molar-refractivity contribution in [1.29, 1.82) is 0 Å². The summed E-state index contributed by atoms with van der Waals surface area (Å²) in [6, 6.07) is 16.2. The average Bonchev–Trinajstić information content (AvgIpc) is 3.06. The second kappa shape index (κ2) is 7.63. The fourth-order valence-electron chi connectivity index (χ4n) is 3.42. The molecule has 1 amide bonds. The molecule has 0 spiro atoms. The van der Waals surface area contributed by atoms with Crippen molar-refractivity contribution in [3.05, 3.63) is 70.8 Å². The van der Waals surface area contributed by atoms with Crippen LogP contribution in [-0.4, -0.2) is 29.0 Å². The van der Waals surface area contributed by atoms with E-state index in [-0.39, 0.29) is 12.5 Å². The van der Waals surface area contributed by atoms with Crippen molar-refractivity contribution in [3.63, 3.8) is 0 Å². The highest BCUT2D eigenvalue weighted by atomic mass is 16.3. The molecule has 1 fully saturated rings. The lowest BCUT2D eigenvalue weighted by molar-refractivity contribution is -0.129. The minimum atomic E-state index is 0.0882. The molecule has 0 aromatic heterocycles. The summed E-state index contributed by atoms with van der Waals surface area (Å²) in [6.45, 7) is 3.87. The van der Waals surface area contributed by atoms with Crippen molar-refractivity contribution in [2.24, 2.45) is 5.92 Å². The van der Waals surface area contributed by atoms with Gasteiger partial charge in [-0.1, -0.05) is 48.5 Å². The van der Waals surface area contributed by atoms with Crippen molar-refractivity contribution in [2.45, 2.75) is 32.8 Å². The molecular weight excluding hydrogens is 298 g/mol. The molecule has 1 heterocycles. The molecular formula is C21H25NO2. The second-order valence-electron chi connectivity index (χ2n) is 6.78. The summed E-state index contributed by atoms with van der Waals surface area (Å²) in [5, 5.41) is 9.10. The van der Waals surface area contributed by atoms with E-state index in [1.165, 1.54) is 11.1 Å². The summed E-state index contributed by atoms with van der Waals surface area (Å²) in [7, 11) is 0. The Morgan fingerprint density at radius 3 is 2.54 bits per heavy atom. The van der Waals surface area contributed by atoms with Crippen LogP contribution in [0.1, 0.15) is 28.7 Å². The molecule has 3 heteroatoms. The van der Waals surface area contributed by atoms with Crippen LogP contribution in [0.2, 0.25) is 0 Å². The second-order valence-corrected chi connectivity index (χ2v) is 6.78. The molecule has 0 unspecified atom stereocenters. The first-order valence-electron chi connectivity index (χ1n) is 8.66. The molecule has 0 radical (unpaired) electrons. The molecule has 1 saturated heterocycles. The van der Waals surface area contributed by atoms with Gasteiger partial charge in [-0.05, 0) is 47.9 Å². The van der Waals surface area contributed by atoms with Gasteiger partial charge in [0.1, 0.15) is 0 Å². The molecule has 2 aromatic rings. The summed E-state index contributed by atoms with van der Waals surface area (Å²) in [5.41, 5.74) is 4.54. The number of aliphatic hydroxyl groups is 1. The number of amides is 1. The standard InChI is InChI=1S/C21H25NO2/c1-16-4-2-3-5-20(16)13-21(24)22-11-10-19(14-22)12-17-6-8-18(15-23)9-7-17/h2-9,19,23H,10-15H2,1H3/t19-/m1/s1. The Balaban J connectivity index is 1.54. The summed E-state index contributed by atoms with van der Waals surface area (Å²) in [6.07, 6.45) is 2.58. The number of likely N-dealkylation sites (tertiary alicyclic amines) is 1. The Morgan fingerprint density at radius 1 is 1.12 bits per heavy atom. The minimum absolute atomic E-state index is 0.0882. The molecule has 0 aliphatic carbocycles. The lowest BCUT2D eigenvalue weighted by atomic mass is 9.98. The van der Waals surface area contributed by atoms with Crippen molar-refractivity contribution in [2.75, 3.05) is 13.1 Å². The number of aryl methyl sites for hydroxylation is 1. The van der Waals surface area contributed by atoms with Gasteiger partial charge in [0.05, 0.1) is 13.0 Å².